The van der Waals surface area contributed by atoms with Crippen LogP contribution < -0.4 is 16.4 Å². The zero-order chi connectivity index (χ0) is 13.5. The van der Waals surface area contributed by atoms with E-state index < -0.39 is 0 Å². The molecule has 100 valence electrons. The van der Waals surface area contributed by atoms with Crippen molar-refractivity contribution < 1.29 is 0 Å². The molecule has 19 heavy (non-hydrogen) atoms. The Labute approximate surface area is 113 Å². The van der Waals surface area contributed by atoms with Gasteiger partial charge in [0.2, 0.25) is 0 Å². The van der Waals surface area contributed by atoms with Gasteiger partial charge in [-0.1, -0.05) is 36.4 Å². The van der Waals surface area contributed by atoms with Crippen molar-refractivity contribution in [3.63, 3.8) is 0 Å². The monoisotopic (exact) mass is 256 g/mol. The third-order valence-corrected chi connectivity index (χ3v) is 3.02. The van der Waals surface area contributed by atoms with E-state index >= 15 is 0 Å². The van der Waals surface area contributed by atoms with Crippen molar-refractivity contribution >= 4 is 22.4 Å². The lowest BCUT2D eigenvalue weighted by Gasteiger charge is -2.10. The fraction of sp³-hybridized carbons (Fsp3) is 0.267. The second-order valence-corrected chi connectivity index (χ2v) is 4.50. The zero-order valence-corrected chi connectivity index (χ0v) is 10.9. The van der Waals surface area contributed by atoms with Crippen LogP contribution in [0, 0.1) is 5.41 Å². The van der Waals surface area contributed by atoms with E-state index in [9.17, 15) is 0 Å². The Morgan fingerprint density at radius 2 is 1.74 bits per heavy atom. The lowest BCUT2D eigenvalue weighted by molar-refractivity contribution is 0.728. The third-order valence-electron chi connectivity index (χ3n) is 3.02. The molecule has 0 aliphatic carbocycles. The number of fused-ring (bicyclic) bond motifs is 1. The maximum atomic E-state index is 7.05. The van der Waals surface area contributed by atoms with Gasteiger partial charge in [0.25, 0.3) is 0 Å². The van der Waals surface area contributed by atoms with Crippen molar-refractivity contribution in [2.45, 2.75) is 12.8 Å². The van der Waals surface area contributed by atoms with Gasteiger partial charge in [-0.05, 0) is 24.3 Å². The Balaban J connectivity index is 1.83. The molecule has 2 aromatic rings. The van der Waals surface area contributed by atoms with Crippen molar-refractivity contribution in [2.24, 2.45) is 5.73 Å². The van der Waals surface area contributed by atoms with E-state index in [0.717, 1.165) is 25.9 Å². The number of hydrogen-bond acceptors (Lipinski definition) is 2. The highest BCUT2D eigenvalue weighted by molar-refractivity contribution is 5.93. The number of unbranched alkanes of at least 4 members (excludes halogenated alkanes) is 1. The van der Waals surface area contributed by atoms with Crippen LogP contribution in [0.3, 0.4) is 0 Å². The molecule has 0 saturated heterocycles. The third kappa shape index (κ3) is 3.88. The molecule has 2 aromatic carbocycles. The van der Waals surface area contributed by atoms with Crippen LogP contribution in [0.15, 0.2) is 42.5 Å². The van der Waals surface area contributed by atoms with Gasteiger partial charge in [0.15, 0.2) is 5.96 Å². The van der Waals surface area contributed by atoms with E-state index in [-0.39, 0.29) is 5.96 Å². The van der Waals surface area contributed by atoms with E-state index in [4.69, 9.17) is 11.1 Å². The summed E-state index contributed by atoms with van der Waals surface area (Å²) in [6.07, 6.45) is 2.04. The Morgan fingerprint density at radius 1 is 1.00 bits per heavy atom. The molecular weight excluding hydrogens is 236 g/mol. The summed E-state index contributed by atoms with van der Waals surface area (Å²) in [6, 6.07) is 14.7. The van der Waals surface area contributed by atoms with Crippen molar-refractivity contribution in [1.29, 1.82) is 5.41 Å². The highest BCUT2D eigenvalue weighted by Crippen LogP contribution is 2.22. The summed E-state index contributed by atoms with van der Waals surface area (Å²) in [6.45, 7) is 1.68. The first-order valence-electron chi connectivity index (χ1n) is 6.57. The number of nitrogens with one attached hydrogen (secondary N) is 3. The molecule has 0 saturated carbocycles. The fourth-order valence-corrected chi connectivity index (χ4v) is 2.08. The van der Waals surface area contributed by atoms with Gasteiger partial charge in [-0.15, -0.1) is 0 Å². The molecule has 0 bridgehead atoms. The molecule has 0 aliphatic rings. The Kier molecular flexibility index (Phi) is 4.61. The first kappa shape index (κ1) is 13.2. The molecule has 0 aromatic heterocycles. The summed E-state index contributed by atoms with van der Waals surface area (Å²) in [4.78, 5) is 0. The quantitative estimate of drug-likeness (QED) is 0.364. The Hall–Kier alpha value is -2.23. The lowest BCUT2D eigenvalue weighted by atomic mass is 10.1. The summed E-state index contributed by atoms with van der Waals surface area (Å²) < 4.78 is 0. The highest BCUT2D eigenvalue weighted by Gasteiger charge is 1.98. The second-order valence-electron chi connectivity index (χ2n) is 4.50. The van der Waals surface area contributed by atoms with Gasteiger partial charge in [-0.25, -0.2) is 0 Å². The minimum Gasteiger partial charge on any atom is -0.385 e. The smallest absolute Gasteiger partial charge is 0.185 e. The number of benzene rings is 2. The summed E-state index contributed by atoms with van der Waals surface area (Å²) in [7, 11) is 0. The molecule has 0 atom stereocenters. The first-order chi connectivity index (χ1) is 9.27. The van der Waals surface area contributed by atoms with Crippen LogP contribution in [-0.4, -0.2) is 19.0 Å². The predicted molar refractivity (Wildman–Crippen MR) is 81.6 cm³/mol. The van der Waals surface area contributed by atoms with E-state index in [1.807, 2.05) is 0 Å². The molecular formula is C15H20N4. The van der Waals surface area contributed by atoms with Crippen molar-refractivity contribution in [1.82, 2.24) is 5.32 Å². The second kappa shape index (κ2) is 6.64. The zero-order valence-electron chi connectivity index (χ0n) is 10.9. The van der Waals surface area contributed by atoms with Crippen LogP contribution in [0.5, 0.6) is 0 Å². The highest BCUT2D eigenvalue weighted by atomic mass is 15.0. The molecule has 5 N–H and O–H groups in total. The SMILES string of the molecule is N=C(N)NCCCCNc1cccc2ccccc12. The maximum absolute atomic E-state index is 7.05. The summed E-state index contributed by atoms with van der Waals surface area (Å²) in [5.74, 6) is 0.0435. The Morgan fingerprint density at radius 3 is 2.58 bits per heavy atom. The number of nitrogens with two attached hydrogens (primary N) is 1. The minimum absolute atomic E-state index is 0.0435. The van der Waals surface area contributed by atoms with Crippen LogP contribution in [0.25, 0.3) is 10.8 Å². The maximum Gasteiger partial charge on any atom is 0.185 e. The molecule has 0 spiro atoms. The van der Waals surface area contributed by atoms with Gasteiger partial charge in [-0.3, -0.25) is 5.41 Å². The van der Waals surface area contributed by atoms with Crippen LogP contribution in [0.1, 0.15) is 12.8 Å². The van der Waals surface area contributed by atoms with Crippen LogP contribution in [0.4, 0.5) is 5.69 Å². The van der Waals surface area contributed by atoms with E-state index in [0.29, 0.717) is 0 Å². The molecule has 2 rings (SSSR count). The summed E-state index contributed by atoms with van der Waals surface area (Å²) >= 11 is 0. The van der Waals surface area contributed by atoms with Crippen molar-refractivity contribution in [3.05, 3.63) is 42.5 Å². The van der Waals surface area contributed by atoms with Gasteiger partial charge in [0, 0.05) is 24.2 Å². The number of rotatable bonds is 6. The molecule has 0 amide bonds. The Bertz CT molecular complexity index is 545. The van der Waals surface area contributed by atoms with Gasteiger partial charge in [-0.2, -0.15) is 0 Å². The molecule has 0 fully saturated rings. The van der Waals surface area contributed by atoms with Gasteiger partial charge < -0.3 is 16.4 Å². The molecule has 4 nitrogen and oxygen atoms in total. The molecule has 0 heterocycles. The van der Waals surface area contributed by atoms with Gasteiger partial charge >= 0.3 is 0 Å². The number of hydrogen-bond donors (Lipinski definition) is 4. The minimum atomic E-state index is 0.0435. The lowest BCUT2D eigenvalue weighted by Crippen LogP contribution is -2.31. The number of anilines is 1. The molecule has 0 unspecified atom stereocenters. The first-order valence-corrected chi connectivity index (χ1v) is 6.57. The van der Waals surface area contributed by atoms with Gasteiger partial charge in [0.05, 0.1) is 0 Å². The van der Waals surface area contributed by atoms with E-state index in [1.165, 1.54) is 16.5 Å². The fourth-order valence-electron chi connectivity index (χ4n) is 2.08. The van der Waals surface area contributed by atoms with E-state index in [2.05, 4.69) is 53.1 Å². The van der Waals surface area contributed by atoms with Crippen molar-refractivity contribution in [2.75, 3.05) is 18.4 Å². The topological polar surface area (TPSA) is 73.9 Å². The normalized spacial score (nSPS) is 10.3. The van der Waals surface area contributed by atoms with Crippen LogP contribution >= 0.6 is 0 Å². The molecule has 0 radical (unpaired) electrons. The van der Waals surface area contributed by atoms with Crippen LogP contribution in [0.2, 0.25) is 0 Å². The summed E-state index contributed by atoms with van der Waals surface area (Å²) in [5, 5.41) is 15.8. The van der Waals surface area contributed by atoms with Crippen molar-refractivity contribution in [3.8, 4) is 0 Å². The average Bonchev–Trinajstić information content (AvgIpc) is 2.42. The molecule has 0 aliphatic heterocycles. The van der Waals surface area contributed by atoms with Gasteiger partial charge in [0.1, 0.15) is 0 Å². The summed E-state index contributed by atoms with van der Waals surface area (Å²) in [5.41, 5.74) is 6.40. The average molecular weight is 256 g/mol. The van der Waals surface area contributed by atoms with Crippen LogP contribution in [-0.2, 0) is 0 Å². The molecule has 4 heteroatoms. The standard InChI is InChI=1S/C15H20N4/c16-15(17)19-11-4-3-10-18-14-9-5-7-12-6-1-2-8-13(12)14/h1-2,5-9,18H,3-4,10-11H2,(H4,16,17,19). The van der Waals surface area contributed by atoms with E-state index in [1.54, 1.807) is 0 Å². The predicted octanol–water partition coefficient (Wildman–Crippen LogP) is 2.51. The largest absolute Gasteiger partial charge is 0.385 e. The number of guanidine groups is 1.